The van der Waals surface area contributed by atoms with Gasteiger partial charge in [-0.2, -0.15) is 0 Å². The number of amides is 2. The molecule has 1 unspecified atom stereocenters. The van der Waals surface area contributed by atoms with E-state index in [2.05, 4.69) is 39.9 Å². The monoisotopic (exact) mass is 629 g/mol. The molecule has 2 heterocycles. The SMILES string of the molecule is Cc1cccc(-n2c(SCCCC(=O)N3CCN(C(=O)C(c4ccccc4)c4ccccc4)C(C)C3)nnc2-c2ccccc2)c1. The first-order chi connectivity index (χ1) is 22.5. The lowest BCUT2D eigenvalue weighted by Crippen LogP contribution is -2.56. The zero-order valence-electron chi connectivity index (χ0n) is 26.3. The summed E-state index contributed by atoms with van der Waals surface area (Å²) in [5.74, 6) is 1.39. The molecule has 0 aliphatic carbocycles. The van der Waals surface area contributed by atoms with Crippen molar-refractivity contribution in [2.75, 3.05) is 25.4 Å². The van der Waals surface area contributed by atoms with Gasteiger partial charge < -0.3 is 9.80 Å². The number of hydrogen-bond acceptors (Lipinski definition) is 5. The Hall–Kier alpha value is -4.69. The maximum absolute atomic E-state index is 14.0. The van der Waals surface area contributed by atoms with Gasteiger partial charge in [0.2, 0.25) is 11.8 Å². The molecule has 0 spiro atoms. The second kappa shape index (κ2) is 14.6. The molecule has 6 rings (SSSR count). The number of carbonyl (C=O) groups excluding carboxylic acids is 2. The van der Waals surface area contributed by atoms with Crippen LogP contribution >= 0.6 is 11.8 Å². The fraction of sp³-hybridized carbons (Fsp3) is 0.263. The number of carbonyl (C=O) groups is 2. The van der Waals surface area contributed by atoms with Gasteiger partial charge in [0, 0.05) is 49.1 Å². The van der Waals surface area contributed by atoms with Crippen LogP contribution in [0.5, 0.6) is 0 Å². The van der Waals surface area contributed by atoms with Crippen molar-refractivity contribution in [3.63, 3.8) is 0 Å². The Balaban J connectivity index is 1.06. The molecule has 1 aliphatic heterocycles. The van der Waals surface area contributed by atoms with Crippen LogP contribution in [0.1, 0.15) is 42.4 Å². The molecule has 1 saturated heterocycles. The van der Waals surface area contributed by atoms with Gasteiger partial charge in [-0.3, -0.25) is 14.2 Å². The Labute approximate surface area is 275 Å². The summed E-state index contributed by atoms with van der Waals surface area (Å²) in [4.78, 5) is 31.2. The first-order valence-electron chi connectivity index (χ1n) is 15.9. The summed E-state index contributed by atoms with van der Waals surface area (Å²) < 4.78 is 2.10. The molecule has 7 nitrogen and oxygen atoms in total. The maximum Gasteiger partial charge on any atom is 0.234 e. The molecule has 1 fully saturated rings. The molecule has 0 radical (unpaired) electrons. The van der Waals surface area contributed by atoms with E-state index in [0.717, 1.165) is 45.5 Å². The summed E-state index contributed by atoms with van der Waals surface area (Å²) in [5.41, 5.74) is 5.15. The van der Waals surface area contributed by atoms with Gasteiger partial charge >= 0.3 is 0 Å². The topological polar surface area (TPSA) is 71.3 Å². The quantitative estimate of drug-likeness (QED) is 0.123. The van der Waals surface area contributed by atoms with Crippen molar-refractivity contribution < 1.29 is 9.59 Å². The van der Waals surface area contributed by atoms with E-state index in [4.69, 9.17) is 0 Å². The Morgan fingerprint density at radius 3 is 2.11 bits per heavy atom. The van der Waals surface area contributed by atoms with E-state index in [-0.39, 0.29) is 23.8 Å². The summed E-state index contributed by atoms with van der Waals surface area (Å²) in [5, 5.41) is 9.90. The van der Waals surface area contributed by atoms with E-state index in [1.54, 1.807) is 11.8 Å². The van der Waals surface area contributed by atoms with Crippen LogP contribution in [0.15, 0.2) is 120 Å². The fourth-order valence-corrected chi connectivity index (χ4v) is 7.02. The van der Waals surface area contributed by atoms with Gasteiger partial charge in [-0.25, -0.2) is 0 Å². The predicted molar refractivity (Wildman–Crippen MR) is 184 cm³/mol. The van der Waals surface area contributed by atoms with Crippen LogP contribution in [0, 0.1) is 6.92 Å². The highest BCUT2D eigenvalue weighted by Gasteiger charge is 2.34. The van der Waals surface area contributed by atoms with Crippen molar-refractivity contribution in [2.24, 2.45) is 0 Å². The first kappa shape index (κ1) is 31.3. The Morgan fingerprint density at radius 2 is 1.48 bits per heavy atom. The Bertz CT molecular complexity index is 1720. The average molecular weight is 630 g/mol. The number of benzene rings is 4. The van der Waals surface area contributed by atoms with E-state index in [1.807, 2.05) is 114 Å². The van der Waals surface area contributed by atoms with Crippen LogP contribution in [0.25, 0.3) is 17.1 Å². The summed E-state index contributed by atoms with van der Waals surface area (Å²) >= 11 is 1.62. The lowest BCUT2D eigenvalue weighted by atomic mass is 9.89. The number of thioether (sulfide) groups is 1. The van der Waals surface area contributed by atoms with Gasteiger partial charge in [-0.15, -0.1) is 10.2 Å². The van der Waals surface area contributed by atoms with Crippen molar-refractivity contribution in [3.05, 3.63) is 132 Å². The number of hydrogen-bond donors (Lipinski definition) is 0. The smallest absolute Gasteiger partial charge is 0.234 e. The zero-order chi connectivity index (χ0) is 31.9. The highest BCUT2D eigenvalue weighted by molar-refractivity contribution is 7.99. The van der Waals surface area contributed by atoms with E-state index in [0.29, 0.717) is 26.1 Å². The minimum Gasteiger partial charge on any atom is -0.339 e. The molecule has 1 aliphatic rings. The molecule has 4 aromatic carbocycles. The fourth-order valence-electron chi connectivity index (χ4n) is 6.13. The molecule has 0 N–H and O–H groups in total. The largest absolute Gasteiger partial charge is 0.339 e. The molecule has 8 heteroatoms. The number of piperazine rings is 1. The minimum atomic E-state index is -0.367. The third kappa shape index (κ3) is 7.07. The Kier molecular flexibility index (Phi) is 9.94. The third-order valence-corrected chi connectivity index (χ3v) is 9.48. The van der Waals surface area contributed by atoms with Gasteiger partial charge in [-0.05, 0) is 49.1 Å². The van der Waals surface area contributed by atoms with E-state index in [9.17, 15) is 9.59 Å². The van der Waals surface area contributed by atoms with Crippen LogP contribution in [0.3, 0.4) is 0 Å². The molecular formula is C38H39N5O2S. The number of aryl methyl sites for hydroxylation is 1. The van der Waals surface area contributed by atoms with Crippen LogP contribution in [0.4, 0.5) is 0 Å². The normalized spacial score (nSPS) is 14.9. The molecule has 46 heavy (non-hydrogen) atoms. The molecule has 0 bridgehead atoms. The molecule has 1 atom stereocenters. The number of rotatable bonds is 10. The summed E-state index contributed by atoms with van der Waals surface area (Å²) in [6.45, 7) is 5.73. The van der Waals surface area contributed by atoms with Gasteiger partial charge in [0.25, 0.3) is 0 Å². The minimum absolute atomic E-state index is 0.0706. The molecule has 234 valence electrons. The highest BCUT2D eigenvalue weighted by atomic mass is 32.2. The van der Waals surface area contributed by atoms with Crippen LogP contribution < -0.4 is 0 Å². The van der Waals surface area contributed by atoms with Crippen molar-refractivity contribution in [1.29, 1.82) is 0 Å². The number of nitrogens with zero attached hydrogens (tertiary/aromatic N) is 5. The van der Waals surface area contributed by atoms with Crippen molar-refractivity contribution in [3.8, 4) is 17.1 Å². The lowest BCUT2D eigenvalue weighted by Gasteiger charge is -2.41. The molecule has 5 aromatic rings. The van der Waals surface area contributed by atoms with Crippen LogP contribution in [-0.2, 0) is 9.59 Å². The summed E-state index contributed by atoms with van der Waals surface area (Å²) in [6.07, 6.45) is 1.18. The van der Waals surface area contributed by atoms with E-state index < -0.39 is 0 Å². The lowest BCUT2D eigenvalue weighted by molar-refractivity contribution is -0.142. The summed E-state index contributed by atoms with van der Waals surface area (Å²) in [6, 6.07) is 38.3. The molecular weight excluding hydrogens is 591 g/mol. The van der Waals surface area contributed by atoms with Gasteiger partial charge in [0.15, 0.2) is 11.0 Å². The Morgan fingerprint density at radius 1 is 0.826 bits per heavy atom. The van der Waals surface area contributed by atoms with Crippen molar-refractivity contribution >= 4 is 23.6 Å². The van der Waals surface area contributed by atoms with Crippen LogP contribution in [-0.4, -0.2) is 67.8 Å². The second-order valence-electron chi connectivity index (χ2n) is 11.8. The van der Waals surface area contributed by atoms with Gasteiger partial charge in [-0.1, -0.05) is 115 Å². The van der Waals surface area contributed by atoms with Crippen molar-refractivity contribution in [2.45, 2.75) is 43.8 Å². The van der Waals surface area contributed by atoms with Crippen LogP contribution in [0.2, 0.25) is 0 Å². The van der Waals surface area contributed by atoms with Gasteiger partial charge in [0.05, 0.1) is 5.92 Å². The summed E-state index contributed by atoms with van der Waals surface area (Å²) in [7, 11) is 0. The predicted octanol–water partition coefficient (Wildman–Crippen LogP) is 7.01. The van der Waals surface area contributed by atoms with E-state index in [1.165, 1.54) is 5.56 Å². The van der Waals surface area contributed by atoms with Crippen molar-refractivity contribution in [1.82, 2.24) is 24.6 Å². The van der Waals surface area contributed by atoms with E-state index >= 15 is 0 Å². The maximum atomic E-state index is 14.0. The average Bonchev–Trinajstić information content (AvgIpc) is 3.52. The third-order valence-electron chi connectivity index (χ3n) is 8.47. The first-order valence-corrected chi connectivity index (χ1v) is 16.9. The highest BCUT2D eigenvalue weighted by Crippen LogP contribution is 2.30. The second-order valence-corrected chi connectivity index (χ2v) is 12.8. The molecule has 1 aromatic heterocycles. The standard InChI is InChI=1S/C38H39N5O2S/c1-28-14-12-21-33(26-28)43-36(32-19-10-5-11-20-32)39-40-38(43)46-25-13-22-34(44)41-23-24-42(29(2)27-41)37(45)35(30-15-6-3-7-16-30)31-17-8-4-9-18-31/h3-12,14-21,26,29,35H,13,22-25,27H2,1-2H3. The van der Waals surface area contributed by atoms with Gasteiger partial charge in [0.1, 0.15) is 0 Å². The molecule has 2 amide bonds. The number of aromatic nitrogens is 3. The zero-order valence-corrected chi connectivity index (χ0v) is 27.1. The molecule has 0 saturated carbocycles.